The molecule has 0 spiro atoms. The summed E-state index contributed by atoms with van der Waals surface area (Å²) in [5, 5.41) is -0.533. The van der Waals surface area contributed by atoms with E-state index in [9.17, 15) is 13.2 Å². The number of carbonyl (C=O) groups is 1. The minimum Gasteiger partial charge on any atom is -0.341 e. The van der Waals surface area contributed by atoms with Gasteiger partial charge in [0.15, 0.2) is 9.84 Å². The highest BCUT2D eigenvalue weighted by Gasteiger charge is 2.36. The summed E-state index contributed by atoms with van der Waals surface area (Å²) < 4.78 is 23.9. The SMILES string of the molecule is CC(C)S(=O)(=O)CC(=O)N1C[C@@H](CN)[C@H](c2ccccc2)C1. The molecule has 0 unspecified atom stereocenters. The zero-order valence-electron chi connectivity index (χ0n) is 13.1. The van der Waals surface area contributed by atoms with Gasteiger partial charge in [-0.25, -0.2) is 8.42 Å². The quantitative estimate of drug-likeness (QED) is 0.876. The van der Waals surface area contributed by atoms with Crippen LogP contribution < -0.4 is 5.73 Å². The molecule has 1 aromatic rings. The molecule has 5 nitrogen and oxygen atoms in total. The average molecular weight is 324 g/mol. The maximum Gasteiger partial charge on any atom is 0.237 e. The molecule has 6 heteroatoms. The van der Waals surface area contributed by atoms with Gasteiger partial charge in [0.1, 0.15) is 5.75 Å². The Morgan fingerprint density at radius 3 is 2.45 bits per heavy atom. The van der Waals surface area contributed by atoms with Crippen molar-refractivity contribution < 1.29 is 13.2 Å². The molecular formula is C16H24N2O3S. The largest absolute Gasteiger partial charge is 0.341 e. The molecule has 0 bridgehead atoms. The highest BCUT2D eigenvalue weighted by Crippen LogP contribution is 2.32. The predicted octanol–water partition coefficient (Wildman–Crippen LogP) is 1.01. The standard InChI is InChI=1S/C16H24N2O3S/c1-12(2)22(20,21)11-16(19)18-9-14(8-17)15(10-18)13-6-4-3-5-7-13/h3-7,12,14-15H,8-11,17H2,1-2H3/t14-,15+/m1/s1. The summed E-state index contributed by atoms with van der Waals surface area (Å²) in [6.45, 7) is 4.76. The maximum absolute atomic E-state index is 12.3. The van der Waals surface area contributed by atoms with Gasteiger partial charge in [0.2, 0.25) is 5.91 Å². The Hall–Kier alpha value is -1.40. The van der Waals surface area contributed by atoms with Crippen molar-refractivity contribution >= 4 is 15.7 Å². The Morgan fingerprint density at radius 2 is 1.91 bits per heavy atom. The third-order valence-electron chi connectivity index (χ3n) is 4.37. The summed E-state index contributed by atoms with van der Waals surface area (Å²) in [6, 6.07) is 9.96. The summed E-state index contributed by atoms with van der Waals surface area (Å²) in [5.41, 5.74) is 7.00. The Labute approximate surface area is 132 Å². The number of hydrogen-bond donors (Lipinski definition) is 1. The number of hydrogen-bond acceptors (Lipinski definition) is 4. The molecule has 1 fully saturated rings. The molecular weight excluding hydrogens is 300 g/mol. The van der Waals surface area contributed by atoms with Crippen LogP contribution in [0.3, 0.4) is 0 Å². The van der Waals surface area contributed by atoms with E-state index in [2.05, 4.69) is 0 Å². The van der Waals surface area contributed by atoms with Gasteiger partial charge in [0, 0.05) is 19.0 Å². The van der Waals surface area contributed by atoms with Crippen LogP contribution in [-0.4, -0.2) is 49.9 Å². The molecule has 2 N–H and O–H groups in total. The van der Waals surface area contributed by atoms with E-state index >= 15 is 0 Å². The predicted molar refractivity (Wildman–Crippen MR) is 87.2 cm³/mol. The van der Waals surface area contributed by atoms with Crippen LogP contribution in [0.25, 0.3) is 0 Å². The highest BCUT2D eigenvalue weighted by atomic mass is 32.2. The lowest BCUT2D eigenvalue weighted by molar-refractivity contribution is -0.127. The molecule has 1 heterocycles. The number of benzene rings is 1. The van der Waals surface area contributed by atoms with E-state index in [1.165, 1.54) is 0 Å². The lowest BCUT2D eigenvalue weighted by Gasteiger charge is -2.17. The molecule has 22 heavy (non-hydrogen) atoms. The summed E-state index contributed by atoms with van der Waals surface area (Å²) in [4.78, 5) is 14.0. The van der Waals surface area contributed by atoms with Gasteiger partial charge in [-0.1, -0.05) is 30.3 Å². The fraction of sp³-hybridized carbons (Fsp3) is 0.562. The van der Waals surface area contributed by atoms with Crippen molar-refractivity contribution in [1.82, 2.24) is 4.90 Å². The molecule has 1 saturated heterocycles. The third kappa shape index (κ3) is 3.67. The topological polar surface area (TPSA) is 80.5 Å². The van der Waals surface area contributed by atoms with E-state index in [4.69, 9.17) is 5.73 Å². The minimum atomic E-state index is -3.36. The second-order valence-electron chi connectivity index (χ2n) is 6.17. The second-order valence-corrected chi connectivity index (χ2v) is 8.72. The first-order valence-electron chi connectivity index (χ1n) is 7.59. The molecule has 0 aromatic heterocycles. The van der Waals surface area contributed by atoms with Crippen molar-refractivity contribution in [2.24, 2.45) is 11.7 Å². The van der Waals surface area contributed by atoms with Crippen LogP contribution in [-0.2, 0) is 14.6 Å². The number of nitrogens with zero attached hydrogens (tertiary/aromatic N) is 1. The monoisotopic (exact) mass is 324 g/mol. The molecule has 0 saturated carbocycles. The molecule has 1 amide bonds. The van der Waals surface area contributed by atoms with E-state index in [-0.39, 0.29) is 17.7 Å². The first-order chi connectivity index (χ1) is 10.3. The van der Waals surface area contributed by atoms with Crippen molar-refractivity contribution in [2.75, 3.05) is 25.4 Å². The average Bonchev–Trinajstić information content (AvgIpc) is 2.92. The Morgan fingerprint density at radius 1 is 1.27 bits per heavy atom. The summed E-state index contributed by atoms with van der Waals surface area (Å²) >= 11 is 0. The van der Waals surface area contributed by atoms with Gasteiger partial charge in [-0.2, -0.15) is 0 Å². The van der Waals surface area contributed by atoms with Gasteiger partial charge in [-0.05, 0) is 31.9 Å². The molecule has 1 aromatic carbocycles. The third-order valence-corrected chi connectivity index (χ3v) is 6.45. The Kier molecular flexibility index (Phi) is 5.24. The van der Waals surface area contributed by atoms with Gasteiger partial charge in [-0.3, -0.25) is 4.79 Å². The van der Waals surface area contributed by atoms with Crippen molar-refractivity contribution in [3.05, 3.63) is 35.9 Å². The van der Waals surface area contributed by atoms with Gasteiger partial charge < -0.3 is 10.6 Å². The lowest BCUT2D eigenvalue weighted by atomic mass is 9.89. The molecule has 2 rings (SSSR count). The van der Waals surface area contributed by atoms with Crippen LogP contribution >= 0.6 is 0 Å². The van der Waals surface area contributed by atoms with Crippen molar-refractivity contribution in [3.8, 4) is 0 Å². The summed E-state index contributed by atoms with van der Waals surface area (Å²) in [6.07, 6.45) is 0. The van der Waals surface area contributed by atoms with Gasteiger partial charge in [-0.15, -0.1) is 0 Å². The number of carbonyl (C=O) groups excluding carboxylic acids is 1. The minimum absolute atomic E-state index is 0.174. The first kappa shape index (κ1) is 17.0. The van der Waals surface area contributed by atoms with Crippen molar-refractivity contribution in [2.45, 2.75) is 25.0 Å². The number of amides is 1. The van der Waals surface area contributed by atoms with Crippen LogP contribution in [0.2, 0.25) is 0 Å². The smallest absolute Gasteiger partial charge is 0.237 e. The summed E-state index contributed by atoms with van der Waals surface area (Å²) in [7, 11) is -3.36. The van der Waals surface area contributed by atoms with Crippen LogP contribution in [0.1, 0.15) is 25.3 Å². The van der Waals surface area contributed by atoms with Crippen LogP contribution in [0.5, 0.6) is 0 Å². The molecule has 0 radical (unpaired) electrons. The normalized spacial score (nSPS) is 22.3. The molecule has 2 atom stereocenters. The lowest BCUT2D eigenvalue weighted by Crippen LogP contribution is -2.36. The zero-order chi connectivity index (χ0) is 16.3. The molecule has 1 aliphatic rings. The van der Waals surface area contributed by atoms with E-state index in [1.54, 1.807) is 18.7 Å². The van der Waals surface area contributed by atoms with E-state index in [0.29, 0.717) is 19.6 Å². The van der Waals surface area contributed by atoms with Gasteiger partial charge in [0.05, 0.1) is 5.25 Å². The van der Waals surface area contributed by atoms with Crippen molar-refractivity contribution in [3.63, 3.8) is 0 Å². The van der Waals surface area contributed by atoms with E-state index in [1.807, 2.05) is 30.3 Å². The number of sulfone groups is 1. The van der Waals surface area contributed by atoms with Crippen LogP contribution in [0.4, 0.5) is 0 Å². The second kappa shape index (κ2) is 6.79. The number of likely N-dealkylation sites (tertiary alicyclic amines) is 1. The molecule has 0 aliphatic carbocycles. The number of nitrogens with two attached hydrogens (primary N) is 1. The molecule has 1 aliphatic heterocycles. The van der Waals surface area contributed by atoms with E-state index in [0.717, 1.165) is 5.56 Å². The zero-order valence-corrected chi connectivity index (χ0v) is 13.9. The maximum atomic E-state index is 12.3. The van der Waals surface area contributed by atoms with Crippen LogP contribution in [0.15, 0.2) is 30.3 Å². The Balaban J connectivity index is 2.10. The van der Waals surface area contributed by atoms with Crippen molar-refractivity contribution in [1.29, 1.82) is 0 Å². The van der Waals surface area contributed by atoms with Crippen LogP contribution in [0, 0.1) is 5.92 Å². The highest BCUT2D eigenvalue weighted by molar-refractivity contribution is 7.92. The fourth-order valence-electron chi connectivity index (χ4n) is 2.82. The Bertz CT molecular complexity index is 614. The molecule has 122 valence electrons. The number of rotatable bonds is 5. The van der Waals surface area contributed by atoms with Gasteiger partial charge in [0.25, 0.3) is 0 Å². The fourth-order valence-corrected chi connectivity index (χ4v) is 3.68. The summed E-state index contributed by atoms with van der Waals surface area (Å²) in [5.74, 6) is -0.376. The first-order valence-corrected chi connectivity index (χ1v) is 9.31. The van der Waals surface area contributed by atoms with Gasteiger partial charge >= 0.3 is 0 Å². The van der Waals surface area contributed by atoms with E-state index < -0.39 is 20.8 Å².